The molecule has 110 valence electrons. The van der Waals surface area contributed by atoms with E-state index in [1.807, 2.05) is 13.8 Å². The monoisotopic (exact) mass is 345 g/mol. The van der Waals surface area contributed by atoms with Gasteiger partial charge in [0.25, 0.3) is 5.91 Å². The van der Waals surface area contributed by atoms with Gasteiger partial charge in [-0.05, 0) is 48.0 Å². The molecule has 1 aromatic carbocycles. The van der Waals surface area contributed by atoms with Gasteiger partial charge in [0.15, 0.2) is 0 Å². The third kappa shape index (κ3) is 4.19. The summed E-state index contributed by atoms with van der Waals surface area (Å²) in [5.41, 5.74) is 5.66. The van der Waals surface area contributed by atoms with Gasteiger partial charge in [-0.3, -0.25) is 4.79 Å². The van der Waals surface area contributed by atoms with Crippen molar-refractivity contribution in [3.8, 4) is 0 Å². The van der Waals surface area contributed by atoms with Gasteiger partial charge in [0.1, 0.15) is 11.7 Å². The fraction of sp³-hybridized carbons (Fsp3) is 0.385. The maximum atomic E-state index is 13.5. The summed E-state index contributed by atoms with van der Waals surface area (Å²) in [5.74, 6) is -0.737. The lowest BCUT2D eigenvalue weighted by atomic mass is 10.1. The molecule has 0 fully saturated rings. The molecule has 0 aliphatic carbocycles. The zero-order chi connectivity index (χ0) is 15.3. The number of carbonyl (C=O) groups excluding carboxylic acids is 1. The number of benzene rings is 1. The van der Waals surface area contributed by atoms with E-state index in [9.17, 15) is 9.18 Å². The third-order valence-electron chi connectivity index (χ3n) is 2.79. The molecule has 1 amide bonds. The van der Waals surface area contributed by atoms with E-state index in [2.05, 4.69) is 21.1 Å². The van der Waals surface area contributed by atoms with Crippen molar-refractivity contribution in [2.45, 2.75) is 26.3 Å². The molecule has 0 unspecified atom stereocenters. The number of nitrogens with two attached hydrogens (primary N) is 1. The molecular weight excluding hydrogens is 329 g/mol. The third-order valence-corrected chi connectivity index (χ3v) is 3.43. The zero-order valence-electron chi connectivity index (χ0n) is 11.3. The summed E-state index contributed by atoms with van der Waals surface area (Å²) in [6.07, 6.45) is 0.249. The average Bonchev–Trinajstić information content (AvgIpc) is 2.41. The summed E-state index contributed by atoms with van der Waals surface area (Å²) in [4.78, 5) is 13.9. The van der Waals surface area contributed by atoms with Crippen molar-refractivity contribution in [2.75, 3.05) is 6.54 Å². The van der Waals surface area contributed by atoms with Crippen LogP contribution in [0.5, 0.6) is 0 Å². The average molecular weight is 346 g/mol. The van der Waals surface area contributed by atoms with E-state index in [0.717, 1.165) is 0 Å². The Bertz CT molecular complexity index is 520. The first kappa shape index (κ1) is 16.4. The van der Waals surface area contributed by atoms with Crippen LogP contribution in [0.15, 0.2) is 27.8 Å². The molecule has 0 bridgehead atoms. The van der Waals surface area contributed by atoms with Gasteiger partial charge in [-0.2, -0.15) is 0 Å². The van der Waals surface area contributed by atoms with Crippen molar-refractivity contribution in [1.82, 2.24) is 4.90 Å². The summed E-state index contributed by atoms with van der Waals surface area (Å²) in [5, 5.41) is 11.4. The molecule has 20 heavy (non-hydrogen) atoms. The van der Waals surface area contributed by atoms with Gasteiger partial charge in [-0.15, -0.1) is 0 Å². The number of oxime groups is 1. The molecule has 0 aromatic heterocycles. The van der Waals surface area contributed by atoms with Crippen molar-refractivity contribution in [1.29, 1.82) is 0 Å². The van der Waals surface area contributed by atoms with Crippen molar-refractivity contribution in [3.05, 3.63) is 34.1 Å². The smallest absolute Gasteiger partial charge is 0.254 e. The topological polar surface area (TPSA) is 78.9 Å². The van der Waals surface area contributed by atoms with Crippen LogP contribution in [0.2, 0.25) is 0 Å². The number of rotatable bonds is 5. The zero-order valence-corrected chi connectivity index (χ0v) is 12.9. The van der Waals surface area contributed by atoms with E-state index in [-0.39, 0.29) is 29.8 Å². The molecule has 0 spiro atoms. The van der Waals surface area contributed by atoms with Crippen molar-refractivity contribution < 1.29 is 14.4 Å². The number of amidine groups is 1. The molecule has 0 atom stereocenters. The fourth-order valence-corrected chi connectivity index (χ4v) is 1.92. The quantitative estimate of drug-likeness (QED) is 0.372. The van der Waals surface area contributed by atoms with Crippen molar-refractivity contribution in [3.63, 3.8) is 0 Å². The van der Waals surface area contributed by atoms with Crippen LogP contribution in [0.25, 0.3) is 0 Å². The summed E-state index contributed by atoms with van der Waals surface area (Å²) in [7, 11) is 0. The highest BCUT2D eigenvalue weighted by Gasteiger charge is 2.19. The van der Waals surface area contributed by atoms with E-state index >= 15 is 0 Å². The Hall–Kier alpha value is -1.63. The highest BCUT2D eigenvalue weighted by atomic mass is 79.9. The SMILES string of the molecule is CC(C)N(CCC(N)=NO)C(=O)c1ccc(Br)c(F)c1. The Morgan fingerprint density at radius 1 is 1.55 bits per heavy atom. The van der Waals surface area contributed by atoms with E-state index in [1.54, 1.807) is 11.0 Å². The van der Waals surface area contributed by atoms with Gasteiger partial charge >= 0.3 is 0 Å². The summed E-state index contributed by atoms with van der Waals surface area (Å²) in [6.45, 7) is 3.99. The minimum atomic E-state index is -0.490. The Labute approximate surface area is 125 Å². The minimum absolute atomic E-state index is 0.0467. The molecule has 5 nitrogen and oxygen atoms in total. The molecule has 0 aliphatic heterocycles. The molecule has 1 rings (SSSR count). The number of amides is 1. The number of carbonyl (C=O) groups is 1. The van der Waals surface area contributed by atoms with E-state index < -0.39 is 5.82 Å². The van der Waals surface area contributed by atoms with Gasteiger partial charge in [0.2, 0.25) is 0 Å². The number of halogens is 2. The molecule has 3 N–H and O–H groups in total. The highest BCUT2D eigenvalue weighted by Crippen LogP contribution is 2.18. The molecule has 0 heterocycles. The van der Waals surface area contributed by atoms with Gasteiger partial charge in [-0.25, -0.2) is 4.39 Å². The second kappa shape index (κ2) is 7.23. The van der Waals surface area contributed by atoms with Gasteiger partial charge in [0, 0.05) is 24.6 Å². The lowest BCUT2D eigenvalue weighted by Gasteiger charge is -2.26. The Kier molecular flexibility index (Phi) is 5.94. The first-order valence-corrected chi connectivity index (χ1v) is 6.88. The van der Waals surface area contributed by atoms with Crippen LogP contribution in [-0.2, 0) is 0 Å². The molecule has 1 aromatic rings. The van der Waals surface area contributed by atoms with E-state index in [4.69, 9.17) is 10.9 Å². The normalized spacial score (nSPS) is 11.8. The predicted octanol–water partition coefficient (Wildman–Crippen LogP) is 2.58. The number of nitrogens with zero attached hydrogens (tertiary/aromatic N) is 2. The summed E-state index contributed by atoms with van der Waals surface area (Å²) >= 11 is 3.04. The molecule has 0 aliphatic rings. The molecule has 0 radical (unpaired) electrons. The van der Waals surface area contributed by atoms with E-state index in [1.165, 1.54) is 12.1 Å². The molecule has 7 heteroatoms. The lowest BCUT2D eigenvalue weighted by molar-refractivity contribution is 0.0710. The predicted molar refractivity (Wildman–Crippen MR) is 78.3 cm³/mol. The van der Waals surface area contributed by atoms with Gasteiger partial charge < -0.3 is 15.8 Å². The number of hydrogen-bond acceptors (Lipinski definition) is 3. The first-order valence-electron chi connectivity index (χ1n) is 6.09. The lowest BCUT2D eigenvalue weighted by Crippen LogP contribution is -2.39. The first-order chi connectivity index (χ1) is 9.36. The van der Waals surface area contributed by atoms with Gasteiger partial charge in [0.05, 0.1) is 4.47 Å². The standard InChI is InChI=1S/C13H17BrFN3O2/c1-8(2)18(6-5-12(16)17-20)13(19)9-3-4-10(14)11(15)7-9/h3-4,7-8,20H,5-6H2,1-2H3,(H2,16,17). The van der Waals surface area contributed by atoms with Crippen molar-refractivity contribution in [2.24, 2.45) is 10.9 Å². The fourth-order valence-electron chi connectivity index (χ4n) is 1.67. The van der Waals surface area contributed by atoms with Crippen LogP contribution < -0.4 is 5.73 Å². The second-order valence-corrected chi connectivity index (χ2v) is 5.42. The Morgan fingerprint density at radius 2 is 2.20 bits per heavy atom. The highest BCUT2D eigenvalue weighted by molar-refractivity contribution is 9.10. The molecule has 0 saturated heterocycles. The van der Waals surface area contributed by atoms with Crippen molar-refractivity contribution >= 4 is 27.7 Å². The van der Waals surface area contributed by atoms with Crippen LogP contribution in [0, 0.1) is 5.82 Å². The van der Waals surface area contributed by atoms with E-state index in [0.29, 0.717) is 11.0 Å². The minimum Gasteiger partial charge on any atom is -0.409 e. The summed E-state index contributed by atoms with van der Waals surface area (Å²) < 4.78 is 13.8. The van der Waals surface area contributed by atoms with Crippen LogP contribution in [0.4, 0.5) is 4.39 Å². The maximum Gasteiger partial charge on any atom is 0.254 e. The van der Waals surface area contributed by atoms with Crippen LogP contribution in [0.3, 0.4) is 0 Å². The molecular formula is C13H17BrFN3O2. The Balaban J connectivity index is 2.90. The molecule has 0 saturated carbocycles. The second-order valence-electron chi connectivity index (χ2n) is 4.56. The van der Waals surface area contributed by atoms with Crippen LogP contribution in [0.1, 0.15) is 30.6 Å². The Morgan fingerprint density at radius 3 is 2.70 bits per heavy atom. The summed E-state index contributed by atoms with van der Waals surface area (Å²) in [6, 6.07) is 4.14. The number of hydrogen-bond donors (Lipinski definition) is 2. The van der Waals surface area contributed by atoms with Gasteiger partial charge in [-0.1, -0.05) is 5.16 Å². The van der Waals surface area contributed by atoms with Crippen LogP contribution in [-0.4, -0.2) is 34.4 Å². The maximum absolute atomic E-state index is 13.5. The van der Waals surface area contributed by atoms with Crippen LogP contribution >= 0.6 is 15.9 Å². The largest absolute Gasteiger partial charge is 0.409 e.